The molecule has 0 bridgehead atoms. The van der Waals surface area contributed by atoms with E-state index in [-0.39, 0.29) is 9.23 Å². The van der Waals surface area contributed by atoms with Crippen molar-refractivity contribution in [3.05, 3.63) is 93.1 Å². The van der Waals surface area contributed by atoms with Crippen LogP contribution in [-0.4, -0.2) is 35.7 Å². The SMILES string of the molecule is C=CCOCc1c(C)cc(C)c([C](=O)[Ge]([CH3])([CH3])[C](=O)c2c(C)cc(C)c(COCC=C)c2C)c1C. The number of ether oxygens (including phenoxy) is 2. The summed E-state index contributed by atoms with van der Waals surface area (Å²) in [6.07, 6.45) is 3.43. The monoisotopic (exact) mass is 538 g/mol. The molecular weight excluding hydrogens is 497 g/mol. The molecule has 0 aliphatic carbocycles. The van der Waals surface area contributed by atoms with Crippen molar-refractivity contribution in [1.82, 2.24) is 0 Å². The van der Waals surface area contributed by atoms with Crippen molar-refractivity contribution >= 4 is 22.5 Å². The Morgan fingerprint density at radius 1 is 0.714 bits per heavy atom. The fraction of sp³-hybridized carbons (Fsp3) is 0.400. The summed E-state index contributed by atoms with van der Waals surface area (Å²) >= 11 is -3.70. The summed E-state index contributed by atoms with van der Waals surface area (Å²) in [5.41, 5.74) is 9.23. The summed E-state index contributed by atoms with van der Waals surface area (Å²) in [4.78, 5) is 28.1. The molecule has 0 aliphatic heterocycles. The van der Waals surface area contributed by atoms with E-state index in [9.17, 15) is 9.59 Å². The fourth-order valence-corrected chi connectivity index (χ4v) is 9.48. The molecule has 2 aromatic carbocycles. The molecule has 0 saturated heterocycles. The Morgan fingerprint density at radius 2 is 1.06 bits per heavy atom. The van der Waals surface area contributed by atoms with Gasteiger partial charge < -0.3 is 0 Å². The van der Waals surface area contributed by atoms with Crippen LogP contribution in [0.15, 0.2) is 37.4 Å². The van der Waals surface area contributed by atoms with E-state index in [1.165, 1.54) is 0 Å². The minimum absolute atomic E-state index is 0.0128. The first-order valence-electron chi connectivity index (χ1n) is 12.1. The van der Waals surface area contributed by atoms with Crippen molar-refractivity contribution in [3.63, 3.8) is 0 Å². The molecule has 0 radical (unpaired) electrons. The zero-order chi connectivity index (χ0) is 26.5. The topological polar surface area (TPSA) is 52.6 Å². The van der Waals surface area contributed by atoms with Crippen LogP contribution in [0.1, 0.15) is 65.2 Å². The van der Waals surface area contributed by atoms with E-state index < -0.39 is 13.3 Å². The Hall–Kier alpha value is -2.28. The van der Waals surface area contributed by atoms with E-state index in [2.05, 4.69) is 13.2 Å². The van der Waals surface area contributed by atoms with E-state index in [4.69, 9.17) is 9.47 Å². The summed E-state index contributed by atoms with van der Waals surface area (Å²) in [7, 11) is 0. The number of benzene rings is 2. The van der Waals surface area contributed by atoms with Gasteiger partial charge in [0.15, 0.2) is 0 Å². The van der Waals surface area contributed by atoms with Gasteiger partial charge in [0.2, 0.25) is 0 Å². The van der Waals surface area contributed by atoms with Crippen LogP contribution < -0.4 is 0 Å². The molecule has 0 saturated carbocycles. The molecule has 0 atom stereocenters. The Labute approximate surface area is 213 Å². The number of carbonyl (C=O) groups is 2. The van der Waals surface area contributed by atoms with Crippen molar-refractivity contribution in [3.8, 4) is 0 Å². The van der Waals surface area contributed by atoms with Crippen LogP contribution in [0.4, 0.5) is 0 Å². The molecule has 2 rings (SSSR count). The molecule has 0 aliphatic rings. The second kappa shape index (κ2) is 12.1. The summed E-state index contributed by atoms with van der Waals surface area (Å²) in [6, 6.07) is 4.07. The van der Waals surface area contributed by atoms with Crippen molar-refractivity contribution < 1.29 is 19.1 Å². The van der Waals surface area contributed by atoms with Crippen LogP contribution in [0, 0.1) is 41.5 Å². The first kappa shape index (κ1) is 29.0. The van der Waals surface area contributed by atoms with Crippen molar-refractivity contribution in [2.24, 2.45) is 0 Å². The number of rotatable bonds is 12. The van der Waals surface area contributed by atoms with Gasteiger partial charge in [0.25, 0.3) is 0 Å². The Kier molecular flexibility index (Phi) is 10.0. The zero-order valence-corrected chi connectivity index (χ0v) is 24.8. The summed E-state index contributed by atoms with van der Waals surface area (Å²) in [5.74, 6) is 3.84. The van der Waals surface area contributed by atoms with Gasteiger partial charge in [0.05, 0.1) is 0 Å². The van der Waals surface area contributed by atoms with Gasteiger partial charge in [-0.3, -0.25) is 0 Å². The van der Waals surface area contributed by atoms with E-state index in [0.717, 1.165) is 44.5 Å². The van der Waals surface area contributed by atoms with E-state index in [1.807, 2.05) is 65.2 Å². The van der Waals surface area contributed by atoms with Crippen LogP contribution in [0.5, 0.6) is 0 Å². The third-order valence-corrected chi connectivity index (χ3v) is 12.6. The standard InChI is InChI=1S/C30H40GeO4/c1-11-13-34-17-25-19(3)15-21(5)27(23(25)7)29(32)31(9,10)30(33)28-22(6)16-20(4)26(24(28)8)18-35-14-12-2/h11-12,15-16H,1-2,13-14,17-18H2,3-10H3. The van der Waals surface area contributed by atoms with Gasteiger partial charge in [-0.1, -0.05) is 0 Å². The average Bonchev–Trinajstić information content (AvgIpc) is 2.77. The number of hydrogen-bond acceptors (Lipinski definition) is 4. The molecule has 0 fully saturated rings. The predicted octanol–water partition coefficient (Wildman–Crippen LogP) is 6.79. The van der Waals surface area contributed by atoms with Gasteiger partial charge >= 0.3 is 214 Å². The summed E-state index contributed by atoms with van der Waals surface area (Å²) in [5, 5.41) is 0. The molecule has 0 amide bonds. The van der Waals surface area contributed by atoms with Gasteiger partial charge in [-0.25, -0.2) is 0 Å². The van der Waals surface area contributed by atoms with Gasteiger partial charge in [0, 0.05) is 0 Å². The quantitative estimate of drug-likeness (QED) is 0.170. The first-order chi connectivity index (χ1) is 16.4. The van der Waals surface area contributed by atoms with Crippen LogP contribution in [-0.2, 0) is 22.7 Å². The Morgan fingerprint density at radius 3 is 1.37 bits per heavy atom. The van der Waals surface area contributed by atoms with Crippen LogP contribution in [0.3, 0.4) is 0 Å². The summed E-state index contributed by atoms with van der Waals surface area (Å²) < 4.78 is 11.4. The minimum atomic E-state index is -3.70. The predicted molar refractivity (Wildman–Crippen MR) is 147 cm³/mol. The van der Waals surface area contributed by atoms with Crippen molar-refractivity contribution in [2.75, 3.05) is 13.2 Å². The molecular formula is C30H40GeO4. The number of aryl methyl sites for hydroxylation is 4. The van der Waals surface area contributed by atoms with Gasteiger partial charge in [-0.15, -0.1) is 0 Å². The molecule has 0 heterocycles. The van der Waals surface area contributed by atoms with Crippen molar-refractivity contribution in [2.45, 2.75) is 66.3 Å². The molecule has 2 aromatic rings. The average molecular weight is 537 g/mol. The molecule has 5 heteroatoms. The molecule has 188 valence electrons. The Balaban J connectivity index is 2.55. The van der Waals surface area contributed by atoms with E-state index >= 15 is 0 Å². The normalized spacial score (nSPS) is 11.4. The third kappa shape index (κ3) is 6.11. The maximum absolute atomic E-state index is 14.1. The zero-order valence-electron chi connectivity index (χ0n) is 22.7. The third-order valence-electron chi connectivity index (χ3n) is 6.82. The molecule has 4 nitrogen and oxygen atoms in total. The first-order valence-corrected chi connectivity index (χ1v) is 18.4. The van der Waals surface area contributed by atoms with Crippen LogP contribution >= 0.6 is 0 Å². The van der Waals surface area contributed by atoms with Crippen LogP contribution in [0.2, 0.25) is 11.5 Å². The Bertz CT molecular complexity index is 1070. The molecule has 35 heavy (non-hydrogen) atoms. The van der Waals surface area contributed by atoms with E-state index in [0.29, 0.717) is 37.6 Å². The number of carbonyl (C=O) groups excluding carboxylic acids is 2. The summed E-state index contributed by atoms with van der Waals surface area (Å²) in [6.45, 7) is 21.1. The van der Waals surface area contributed by atoms with Gasteiger partial charge in [0.1, 0.15) is 0 Å². The molecule has 0 unspecified atom stereocenters. The van der Waals surface area contributed by atoms with Gasteiger partial charge in [-0.05, 0) is 0 Å². The van der Waals surface area contributed by atoms with Gasteiger partial charge in [-0.2, -0.15) is 0 Å². The molecule has 0 aromatic heterocycles. The second-order valence-corrected chi connectivity index (χ2v) is 18.6. The molecule has 0 spiro atoms. The number of hydrogen-bond donors (Lipinski definition) is 0. The second-order valence-electron chi connectivity index (χ2n) is 9.87. The van der Waals surface area contributed by atoms with Crippen LogP contribution in [0.25, 0.3) is 0 Å². The van der Waals surface area contributed by atoms with Crippen molar-refractivity contribution in [1.29, 1.82) is 0 Å². The molecule has 0 N–H and O–H groups in total. The van der Waals surface area contributed by atoms with E-state index in [1.54, 1.807) is 12.2 Å². The maximum atomic E-state index is 14.1. The fourth-order valence-electron chi connectivity index (χ4n) is 4.81.